The maximum atomic E-state index is 13.1. The largest absolute Gasteiger partial charge is 0.573 e. The van der Waals surface area contributed by atoms with E-state index in [1.54, 1.807) is 12.1 Å². The van der Waals surface area contributed by atoms with E-state index in [2.05, 4.69) is 19.2 Å². The third-order valence-corrected chi connectivity index (χ3v) is 9.16. The van der Waals surface area contributed by atoms with Crippen LogP contribution in [0.2, 0.25) is 5.02 Å². The number of benzene rings is 3. The van der Waals surface area contributed by atoms with Crippen LogP contribution in [0.5, 0.6) is 11.5 Å². The number of fused-ring (bicyclic) bond motifs is 1. The number of aromatic nitrogens is 2. The summed E-state index contributed by atoms with van der Waals surface area (Å²) in [4.78, 5) is 14.3. The van der Waals surface area contributed by atoms with Crippen molar-refractivity contribution in [3.63, 3.8) is 0 Å². The average Bonchev–Trinajstić information content (AvgIpc) is 3.61. The van der Waals surface area contributed by atoms with Crippen molar-refractivity contribution in [2.75, 3.05) is 25.1 Å². The molecule has 45 heavy (non-hydrogen) atoms. The number of rotatable bonds is 9. The summed E-state index contributed by atoms with van der Waals surface area (Å²) in [6.45, 7) is 1.51. The second-order valence-corrected chi connectivity index (χ2v) is 12.2. The number of alkyl halides is 3. The number of anilines is 1. The van der Waals surface area contributed by atoms with Gasteiger partial charge in [-0.25, -0.2) is 4.79 Å². The quantitative estimate of drug-likeness (QED) is 0.147. The molecule has 3 aromatic carbocycles. The first-order valence-electron chi connectivity index (χ1n) is 14.2. The van der Waals surface area contributed by atoms with Crippen LogP contribution in [0.25, 0.3) is 21.3 Å². The molecule has 0 bridgehead atoms. The number of esters is 1. The molecule has 1 aliphatic carbocycles. The van der Waals surface area contributed by atoms with Crippen LogP contribution in [0, 0.1) is 0 Å². The number of nitrogens with zero attached hydrogens (tertiary/aromatic N) is 3. The second kappa shape index (κ2) is 11.6. The number of hydrogen-bond acceptors (Lipinski definition) is 9. The van der Waals surface area contributed by atoms with Crippen molar-refractivity contribution in [1.29, 1.82) is 0 Å². The van der Waals surface area contributed by atoms with Gasteiger partial charge in [-0.2, -0.15) is 4.37 Å². The summed E-state index contributed by atoms with van der Waals surface area (Å²) in [6, 6.07) is 17.3. The third-order valence-electron chi connectivity index (χ3n) is 8.01. The fourth-order valence-corrected chi connectivity index (χ4v) is 6.62. The monoisotopic (exact) mass is 655 g/mol. The van der Waals surface area contributed by atoms with E-state index in [-0.39, 0.29) is 35.4 Å². The molecular formula is C32H25ClF3N3O5S. The minimum atomic E-state index is -4.85. The van der Waals surface area contributed by atoms with Crippen molar-refractivity contribution in [3.8, 4) is 22.8 Å². The summed E-state index contributed by atoms with van der Waals surface area (Å²) in [5, 5.41) is 5.45. The van der Waals surface area contributed by atoms with Crippen LogP contribution in [0.1, 0.15) is 52.1 Å². The van der Waals surface area contributed by atoms with Gasteiger partial charge in [0, 0.05) is 46.6 Å². The average molecular weight is 656 g/mol. The van der Waals surface area contributed by atoms with Crippen LogP contribution in [0.4, 0.5) is 18.9 Å². The van der Waals surface area contributed by atoms with Crippen molar-refractivity contribution in [3.05, 3.63) is 88.3 Å². The van der Waals surface area contributed by atoms with Gasteiger partial charge in [0.25, 0.3) is 0 Å². The van der Waals surface area contributed by atoms with Crippen LogP contribution in [0.3, 0.4) is 0 Å². The third kappa shape index (κ3) is 5.91. The van der Waals surface area contributed by atoms with Crippen molar-refractivity contribution >= 4 is 44.9 Å². The number of halogens is 4. The molecule has 2 fully saturated rings. The van der Waals surface area contributed by atoms with Crippen LogP contribution >= 0.6 is 23.1 Å². The lowest BCUT2D eigenvalue weighted by molar-refractivity contribution is -0.274. The molecule has 0 spiro atoms. The van der Waals surface area contributed by atoms with Gasteiger partial charge < -0.3 is 23.6 Å². The van der Waals surface area contributed by atoms with Gasteiger partial charge in [-0.05, 0) is 72.4 Å². The minimum absolute atomic E-state index is 0.0331. The highest BCUT2D eigenvalue weighted by Gasteiger charge is 2.36. The molecule has 0 atom stereocenters. The van der Waals surface area contributed by atoms with Crippen molar-refractivity contribution in [1.82, 2.24) is 9.53 Å². The molecule has 1 saturated carbocycles. The number of hydrogen-bond donors (Lipinski definition) is 0. The second-order valence-electron chi connectivity index (χ2n) is 11.0. The fraction of sp³-hybridized carbons (Fsp3) is 0.281. The van der Waals surface area contributed by atoms with E-state index in [0.29, 0.717) is 27.8 Å². The van der Waals surface area contributed by atoms with Crippen LogP contribution in [0.15, 0.2) is 65.2 Å². The molecular weight excluding hydrogens is 631 g/mol. The van der Waals surface area contributed by atoms with Gasteiger partial charge >= 0.3 is 12.3 Å². The maximum Gasteiger partial charge on any atom is 0.573 e. The highest BCUT2D eigenvalue weighted by Crippen LogP contribution is 2.46. The molecule has 232 valence electrons. The molecule has 1 aliphatic heterocycles. The summed E-state index contributed by atoms with van der Waals surface area (Å²) in [5.74, 6) is 0.646. The zero-order valence-corrected chi connectivity index (χ0v) is 25.3. The highest BCUT2D eigenvalue weighted by molar-refractivity contribution is 7.13. The molecule has 13 heteroatoms. The molecule has 0 radical (unpaired) electrons. The number of para-hydroxylation sites is 1. The Hall–Kier alpha value is -4.29. The van der Waals surface area contributed by atoms with E-state index in [1.165, 1.54) is 36.8 Å². The Balaban J connectivity index is 1.05. The van der Waals surface area contributed by atoms with E-state index >= 15 is 0 Å². The minimum Gasteiger partial charge on any atom is -0.489 e. The van der Waals surface area contributed by atoms with Gasteiger partial charge in [0.1, 0.15) is 29.6 Å². The van der Waals surface area contributed by atoms with Crippen LogP contribution in [-0.2, 0) is 11.3 Å². The lowest BCUT2D eigenvalue weighted by atomic mass is 9.90. The summed E-state index contributed by atoms with van der Waals surface area (Å²) >= 11 is 7.98. The van der Waals surface area contributed by atoms with Gasteiger partial charge in [-0.15, -0.1) is 13.2 Å². The van der Waals surface area contributed by atoms with Crippen molar-refractivity contribution in [2.24, 2.45) is 0 Å². The van der Waals surface area contributed by atoms with Gasteiger partial charge in [0.15, 0.2) is 5.69 Å². The SMILES string of the molecule is COC(=O)c1nsc2ccc(N3CC(c4ccc(OCc5c(-c6ccccc6OC(F)(F)F)noc5C5CC5)cc4Cl)C3)cc12. The molecule has 8 nitrogen and oxygen atoms in total. The molecule has 3 heterocycles. The van der Waals surface area contributed by atoms with E-state index in [1.807, 2.05) is 30.3 Å². The van der Waals surface area contributed by atoms with Gasteiger partial charge in [-0.3, -0.25) is 0 Å². The van der Waals surface area contributed by atoms with Crippen LogP contribution in [-0.4, -0.2) is 42.1 Å². The van der Waals surface area contributed by atoms with Gasteiger partial charge in [-0.1, -0.05) is 35.0 Å². The van der Waals surface area contributed by atoms with E-state index < -0.39 is 12.3 Å². The summed E-state index contributed by atoms with van der Waals surface area (Å²) in [5.41, 5.74) is 3.29. The zero-order valence-electron chi connectivity index (χ0n) is 23.8. The topological polar surface area (TPSA) is 86.9 Å². The Morgan fingerprint density at radius 2 is 1.89 bits per heavy atom. The predicted molar refractivity (Wildman–Crippen MR) is 162 cm³/mol. The van der Waals surface area contributed by atoms with Crippen molar-refractivity contribution in [2.45, 2.75) is 37.6 Å². The van der Waals surface area contributed by atoms with Crippen molar-refractivity contribution < 1.29 is 36.7 Å². The first-order chi connectivity index (χ1) is 21.7. The Morgan fingerprint density at radius 3 is 2.62 bits per heavy atom. The molecule has 5 aromatic rings. The lowest BCUT2D eigenvalue weighted by Gasteiger charge is -2.41. The normalized spacial score (nSPS) is 15.3. The lowest BCUT2D eigenvalue weighted by Crippen LogP contribution is -2.45. The first kappa shape index (κ1) is 29.4. The summed E-state index contributed by atoms with van der Waals surface area (Å²) in [7, 11) is 1.34. The Kier molecular flexibility index (Phi) is 7.57. The van der Waals surface area contributed by atoms with Crippen LogP contribution < -0.4 is 14.4 Å². The number of carbonyl (C=O) groups is 1. The Labute approximate surface area is 264 Å². The maximum absolute atomic E-state index is 13.1. The van der Waals surface area contributed by atoms with Gasteiger partial charge in [0.05, 0.1) is 17.4 Å². The summed E-state index contributed by atoms with van der Waals surface area (Å²) in [6.07, 6.45) is -3.04. The molecule has 2 aromatic heterocycles. The molecule has 0 amide bonds. The van der Waals surface area contributed by atoms with E-state index in [9.17, 15) is 18.0 Å². The molecule has 2 aliphatic rings. The molecule has 1 saturated heterocycles. The smallest absolute Gasteiger partial charge is 0.489 e. The highest BCUT2D eigenvalue weighted by atomic mass is 35.5. The zero-order chi connectivity index (χ0) is 31.3. The Morgan fingerprint density at radius 1 is 1.09 bits per heavy atom. The predicted octanol–water partition coefficient (Wildman–Crippen LogP) is 8.35. The van der Waals surface area contributed by atoms with Gasteiger partial charge in [0.2, 0.25) is 0 Å². The molecule has 0 N–H and O–H groups in total. The molecule has 0 unspecified atom stereocenters. The fourth-order valence-electron chi connectivity index (χ4n) is 5.55. The summed E-state index contributed by atoms with van der Waals surface area (Å²) < 4.78 is 65.3. The number of methoxy groups -OCH3 is 1. The number of carbonyl (C=O) groups excluding carboxylic acids is 1. The Bertz CT molecular complexity index is 1900. The van der Waals surface area contributed by atoms with E-state index in [4.69, 9.17) is 25.6 Å². The standard InChI is InChI=1S/C32H25ClF3N3O5S/c1-41-31(40)29-23-12-19(8-11-27(23)45-38-29)39-14-18(15-39)21-10-9-20(13-25(21)33)42-16-24-28(37-44-30(24)17-6-7-17)22-4-2-3-5-26(22)43-32(34,35)36/h2-5,8-13,17-18H,6-7,14-16H2,1H3. The first-order valence-corrected chi connectivity index (χ1v) is 15.3. The van der Waals surface area contributed by atoms with E-state index in [0.717, 1.165) is 47.3 Å². The molecule has 7 rings (SSSR count). The number of ether oxygens (including phenoxy) is 3.